The number of benzene rings is 2. The second-order valence-electron chi connectivity index (χ2n) is 6.56. The first-order valence-electron chi connectivity index (χ1n) is 9.09. The van der Waals surface area contributed by atoms with Crippen molar-refractivity contribution in [2.45, 2.75) is 13.5 Å². The number of nitrogens with one attached hydrogen (secondary N) is 2. The smallest absolute Gasteiger partial charge is 0.274 e. The number of fused-ring (bicyclic) bond motifs is 1. The number of Topliss-reactive ketones (excluding diaryl/α,β-unsaturated/α-hetero) is 1. The number of ketones is 1. The lowest BCUT2D eigenvalue weighted by molar-refractivity contribution is 0.100. The molecule has 3 aromatic rings. The predicted molar refractivity (Wildman–Crippen MR) is 109 cm³/mol. The molecule has 146 valence electrons. The van der Waals surface area contributed by atoms with Crippen molar-refractivity contribution < 1.29 is 19.1 Å². The Morgan fingerprint density at radius 3 is 2.72 bits per heavy atom. The van der Waals surface area contributed by atoms with Crippen molar-refractivity contribution in [3.05, 3.63) is 77.6 Å². The molecule has 1 aliphatic heterocycles. The van der Waals surface area contributed by atoms with Crippen LogP contribution in [0.25, 0.3) is 0 Å². The van der Waals surface area contributed by atoms with E-state index in [1.54, 1.807) is 42.6 Å². The van der Waals surface area contributed by atoms with Gasteiger partial charge in [0, 0.05) is 29.7 Å². The van der Waals surface area contributed by atoms with Gasteiger partial charge in [0.25, 0.3) is 5.91 Å². The third-order valence-corrected chi connectivity index (χ3v) is 4.45. The molecule has 4 rings (SSSR count). The summed E-state index contributed by atoms with van der Waals surface area (Å²) < 4.78 is 10.7. The zero-order valence-corrected chi connectivity index (χ0v) is 15.8. The first-order chi connectivity index (χ1) is 14.1. The lowest BCUT2D eigenvalue weighted by Crippen LogP contribution is -2.14. The summed E-state index contributed by atoms with van der Waals surface area (Å²) in [6, 6.07) is 16.0. The fourth-order valence-corrected chi connectivity index (χ4v) is 2.93. The number of pyridine rings is 1. The Kier molecular flexibility index (Phi) is 5.11. The Morgan fingerprint density at radius 2 is 1.86 bits per heavy atom. The van der Waals surface area contributed by atoms with Crippen LogP contribution in [0.2, 0.25) is 0 Å². The number of hydrogen-bond donors (Lipinski definition) is 2. The minimum Gasteiger partial charge on any atom is -0.454 e. The van der Waals surface area contributed by atoms with Crippen LogP contribution in [0, 0.1) is 0 Å². The van der Waals surface area contributed by atoms with Gasteiger partial charge in [-0.25, -0.2) is 0 Å². The quantitative estimate of drug-likeness (QED) is 0.622. The maximum absolute atomic E-state index is 12.5. The molecule has 0 spiro atoms. The molecule has 1 aromatic heterocycles. The van der Waals surface area contributed by atoms with Crippen LogP contribution in [0.4, 0.5) is 11.4 Å². The van der Waals surface area contributed by atoms with Gasteiger partial charge in [0.2, 0.25) is 6.79 Å². The van der Waals surface area contributed by atoms with Crippen molar-refractivity contribution in [2.75, 3.05) is 17.4 Å². The van der Waals surface area contributed by atoms with Gasteiger partial charge in [0.05, 0.1) is 0 Å². The number of amides is 1. The maximum atomic E-state index is 12.5. The van der Waals surface area contributed by atoms with E-state index in [4.69, 9.17) is 9.47 Å². The van der Waals surface area contributed by atoms with Gasteiger partial charge in [-0.05, 0) is 48.9 Å². The Morgan fingerprint density at radius 1 is 1.00 bits per heavy atom. The van der Waals surface area contributed by atoms with Crippen LogP contribution in [-0.4, -0.2) is 23.5 Å². The standard InChI is InChI=1S/C22H19N3O4/c1-14(26)16-3-2-4-18(10-16)25-22(27)19-11-17(7-8-23-19)24-12-15-5-6-20-21(9-15)29-13-28-20/h2-11H,12-13H2,1H3,(H,23,24)(H,25,27). The van der Waals surface area contributed by atoms with E-state index in [1.807, 2.05) is 18.2 Å². The van der Waals surface area contributed by atoms with Gasteiger partial charge in [-0.15, -0.1) is 0 Å². The van der Waals surface area contributed by atoms with Crippen molar-refractivity contribution in [3.63, 3.8) is 0 Å². The van der Waals surface area contributed by atoms with Gasteiger partial charge in [0.15, 0.2) is 17.3 Å². The zero-order chi connectivity index (χ0) is 20.2. The highest BCUT2D eigenvalue weighted by molar-refractivity contribution is 6.04. The molecule has 0 saturated heterocycles. The van der Waals surface area contributed by atoms with Gasteiger partial charge in [-0.3, -0.25) is 14.6 Å². The molecule has 0 unspecified atom stereocenters. The minimum atomic E-state index is -0.350. The average molecular weight is 389 g/mol. The molecule has 0 saturated carbocycles. The molecule has 0 atom stereocenters. The molecule has 2 heterocycles. The van der Waals surface area contributed by atoms with Crippen molar-refractivity contribution >= 4 is 23.1 Å². The van der Waals surface area contributed by atoms with Crippen molar-refractivity contribution in [1.29, 1.82) is 0 Å². The summed E-state index contributed by atoms with van der Waals surface area (Å²) in [5.41, 5.74) is 3.14. The maximum Gasteiger partial charge on any atom is 0.274 e. The van der Waals surface area contributed by atoms with Gasteiger partial charge < -0.3 is 20.1 Å². The van der Waals surface area contributed by atoms with Crippen LogP contribution in [0.15, 0.2) is 60.8 Å². The number of hydrogen-bond acceptors (Lipinski definition) is 6. The fraction of sp³-hybridized carbons (Fsp3) is 0.136. The molecule has 0 fully saturated rings. The summed E-state index contributed by atoms with van der Waals surface area (Å²) in [5, 5.41) is 6.05. The third-order valence-electron chi connectivity index (χ3n) is 4.45. The molecule has 29 heavy (non-hydrogen) atoms. The van der Waals surface area contributed by atoms with E-state index in [0.29, 0.717) is 17.8 Å². The summed E-state index contributed by atoms with van der Waals surface area (Å²) in [5.74, 6) is 1.06. The predicted octanol–water partition coefficient (Wildman–Crippen LogP) is 3.88. The highest BCUT2D eigenvalue weighted by Crippen LogP contribution is 2.32. The number of rotatable bonds is 6. The molecule has 1 aliphatic rings. The third kappa shape index (κ3) is 4.35. The van der Waals surface area contributed by atoms with E-state index in [2.05, 4.69) is 15.6 Å². The molecule has 7 heteroatoms. The SMILES string of the molecule is CC(=O)c1cccc(NC(=O)c2cc(NCc3ccc4c(c3)OCO4)ccn2)c1. The minimum absolute atomic E-state index is 0.0612. The van der Waals surface area contributed by atoms with Gasteiger partial charge in [-0.1, -0.05) is 18.2 Å². The van der Waals surface area contributed by atoms with Gasteiger partial charge >= 0.3 is 0 Å². The fourth-order valence-electron chi connectivity index (χ4n) is 2.93. The number of aromatic nitrogens is 1. The van der Waals surface area contributed by atoms with Crippen LogP contribution in [0.1, 0.15) is 33.3 Å². The highest BCUT2D eigenvalue weighted by Gasteiger charge is 2.13. The van der Waals surface area contributed by atoms with E-state index < -0.39 is 0 Å². The van der Waals surface area contributed by atoms with E-state index in [9.17, 15) is 9.59 Å². The Labute approximate surface area is 167 Å². The highest BCUT2D eigenvalue weighted by atomic mass is 16.7. The van der Waals surface area contributed by atoms with E-state index in [0.717, 1.165) is 22.7 Å². The van der Waals surface area contributed by atoms with Gasteiger partial charge in [0.1, 0.15) is 5.69 Å². The molecule has 0 aliphatic carbocycles. The molecule has 2 aromatic carbocycles. The topological polar surface area (TPSA) is 89.6 Å². The van der Waals surface area contributed by atoms with Crippen LogP contribution < -0.4 is 20.1 Å². The number of carbonyl (C=O) groups is 2. The lowest BCUT2D eigenvalue weighted by atomic mass is 10.1. The van der Waals surface area contributed by atoms with Crippen molar-refractivity contribution in [1.82, 2.24) is 4.98 Å². The molecule has 1 amide bonds. The monoisotopic (exact) mass is 389 g/mol. The first kappa shape index (κ1) is 18.5. The van der Waals surface area contributed by atoms with Crippen molar-refractivity contribution in [3.8, 4) is 11.5 Å². The first-order valence-corrected chi connectivity index (χ1v) is 9.09. The zero-order valence-electron chi connectivity index (χ0n) is 15.8. The Hall–Kier alpha value is -3.87. The average Bonchev–Trinajstić information content (AvgIpc) is 3.20. The number of carbonyl (C=O) groups excluding carboxylic acids is 2. The normalized spacial score (nSPS) is 11.8. The summed E-state index contributed by atoms with van der Waals surface area (Å²) >= 11 is 0. The largest absolute Gasteiger partial charge is 0.454 e. The number of anilines is 2. The second-order valence-corrected chi connectivity index (χ2v) is 6.56. The Balaban J connectivity index is 1.42. The molecular formula is C22H19N3O4. The summed E-state index contributed by atoms with van der Waals surface area (Å²) in [7, 11) is 0. The van der Waals surface area contributed by atoms with Crippen LogP contribution in [0.5, 0.6) is 11.5 Å². The molecular weight excluding hydrogens is 370 g/mol. The number of nitrogens with zero attached hydrogens (tertiary/aromatic N) is 1. The summed E-state index contributed by atoms with van der Waals surface area (Å²) in [6.07, 6.45) is 1.57. The van der Waals surface area contributed by atoms with E-state index >= 15 is 0 Å². The van der Waals surface area contributed by atoms with Gasteiger partial charge in [-0.2, -0.15) is 0 Å². The van der Waals surface area contributed by atoms with Crippen LogP contribution in [0.3, 0.4) is 0 Å². The molecule has 2 N–H and O–H groups in total. The summed E-state index contributed by atoms with van der Waals surface area (Å²) in [6.45, 7) is 2.28. The molecule has 0 radical (unpaired) electrons. The molecule has 7 nitrogen and oxygen atoms in total. The van der Waals surface area contributed by atoms with Crippen LogP contribution in [-0.2, 0) is 6.54 Å². The van der Waals surface area contributed by atoms with Crippen molar-refractivity contribution in [2.24, 2.45) is 0 Å². The number of ether oxygens (including phenoxy) is 2. The lowest BCUT2D eigenvalue weighted by Gasteiger charge is -2.09. The summed E-state index contributed by atoms with van der Waals surface area (Å²) in [4.78, 5) is 28.2. The van der Waals surface area contributed by atoms with E-state index in [1.165, 1.54) is 6.92 Å². The molecule has 0 bridgehead atoms. The second kappa shape index (κ2) is 8.02. The Bertz CT molecular complexity index is 1080. The van der Waals surface area contributed by atoms with Crippen LogP contribution >= 0.6 is 0 Å². The van der Waals surface area contributed by atoms with E-state index in [-0.39, 0.29) is 24.2 Å².